The first kappa shape index (κ1) is 23.4. The van der Waals surface area contributed by atoms with Gasteiger partial charge < -0.3 is 19.5 Å². The van der Waals surface area contributed by atoms with Gasteiger partial charge in [-0.2, -0.15) is 5.26 Å². The lowest BCUT2D eigenvalue weighted by molar-refractivity contribution is -0.134. The predicted molar refractivity (Wildman–Crippen MR) is 104 cm³/mol. The number of amides is 1. The van der Waals surface area contributed by atoms with E-state index >= 15 is 0 Å². The van der Waals surface area contributed by atoms with Crippen LogP contribution in [0.5, 0.6) is 0 Å². The van der Waals surface area contributed by atoms with Crippen molar-refractivity contribution >= 4 is 12.1 Å². The molecule has 1 amide bonds. The highest BCUT2D eigenvalue weighted by atomic mass is 16.7. The molecule has 0 fully saturated rings. The van der Waals surface area contributed by atoms with Crippen molar-refractivity contribution in [2.24, 2.45) is 5.92 Å². The molecule has 0 bridgehead atoms. The third-order valence-corrected chi connectivity index (χ3v) is 3.47. The van der Waals surface area contributed by atoms with E-state index in [1.807, 2.05) is 50.2 Å². The SMILES string of the molecule is CC(C)CC(OC(=O)OC(C)(C)C)C(=O)NC(C#N)COCc1ccccc1. The van der Waals surface area contributed by atoms with Gasteiger partial charge in [0.25, 0.3) is 5.91 Å². The monoisotopic (exact) mass is 390 g/mol. The molecule has 7 heteroatoms. The second kappa shape index (κ2) is 11.3. The first-order valence-corrected chi connectivity index (χ1v) is 9.32. The molecule has 0 heterocycles. The Morgan fingerprint density at radius 3 is 2.36 bits per heavy atom. The standard InChI is InChI=1S/C21H30N2O5/c1-15(2)11-18(27-20(25)28-21(3,4)5)19(24)23-17(12-22)14-26-13-16-9-7-6-8-10-16/h6-10,15,17-18H,11,13-14H2,1-5H3,(H,23,24). The van der Waals surface area contributed by atoms with Gasteiger partial charge in [-0.3, -0.25) is 4.79 Å². The molecule has 2 unspecified atom stereocenters. The summed E-state index contributed by atoms with van der Waals surface area (Å²) < 4.78 is 15.8. The molecule has 7 nitrogen and oxygen atoms in total. The number of nitriles is 1. The molecule has 0 aliphatic carbocycles. The van der Waals surface area contributed by atoms with Crippen molar-refractivity contribution in [3.8, 4) is 6.07 Å². The molecule has 28 heavy (non-hydrogen) atoms. The molecule has 0 spiro atoms. The Labute approximate surface area is 167 Å². The summed E-state index contributed by atoms with van der Waals surface area (Å²) in [7, 11) is 0. The molecule has 1 aromatic carbocycles. The number of rotatable bonds is 9. The maximum Gasteiger partial charge on any atom is 0.509 e. The minimum Gasteiger partial charge on any atom is -0.429 e. The zero-order valence-corrected chi connectivity index (χ0v) is 17.2. The third kappa shape index (κ3) is 9.93. The Bertz CT molecular complexity index is 662. The highest BCUT2D eigenvalue weighted by Gasteiger charge is 2.28. The van der Waals surface area contributed by atoms with Crippen molar-refractivity contribution < 1.29 is 23.8 Å². The van der Waals surface area contributed by atoms with E-state index in [9.17, 15) is 14.9 Å². The Hall–Kier alpha value is -2.59. The lowest BCUT2D eigenvalue weighted by Gasteiger charge is -2.24. The maximum atomic E-state index is 12.5. The van der Waals surface area contributed by atoms with Gasteiger partial charge in [0.15, 0.2) is 6.10 Å². The van der Waals surface area contributed by atoms with Crippen LogP contribution in [0.2, 0.25) is 0 Å². The van der Waals surface area contributed by atoms with E-state index in [4.69, 9.17) is 14.2 Å². The topological polar surface area (TPSA) is 97.6 Å². The highest BCUT2D eigenvalue weighted by molar-refractivity contribution is 5.83. The average Bonchev–Trinajstić information content (AvgIpc) is 2.59. The average molecular weight is 390 g/mol. The van der Waals surface area contributed by atoms with Gasteiger partial charge in [0.2, 0.25) is 0 Å². The zero-order chi connectivity index (χ0) is 21.2. The number of nitrogens with zero attached hydrogens (tertiary/aromatic N) is 1. The van der Waals surface area contributed by atoms with Crippen LogP contribution >= 0.6 is 0 Å². The Morgan fingerprint density at radius 1 is 1.18 bits per heavy atom. The van der Waals surface area contributed by atoms with Crippen LogP contribution in [0.25, 0.3) is 0 Å². The van der Waals surface area contributed by atoms with Crippen LogP contribution < -0.4 is 5.32 Å². The molecule has 1 rings (SSSR count). The number of benzene rings is 1. The van der Waals surface area contributed by atoms with Crippen LogP contribution in [-0.4, -0.2) is 36.4 Å². The molecule has 1 aromatic rings. The van der Waals surface area contributed by atoms with Crippen molar-refractivity contribution in [2.75, 3.05) is 6.61 Å². The zero-order valence-electron chi connectivity index (χ0n) is 17.2. The van der Waals surface area contributed by atoms with E-state index in [0.29, 0.717) is 13.0 Å². The second-order valence-electron chi connectivity index (χ2n) is 7.89. The van der Waals surface area contributed by atoms with Crippen molar-refractivity contribution in [3.63, 3.8) is 0 Å². The number of nitrogens with one attached hydrogen (secondary N) is 1. The van der Waals surface area contributed by atoms with Gasteiger partial charge in [-0.15, -0.1) is 0 Å². The van der Waals surface area contributed by atoms with Gasteiger partial charge in [-0.05, 0) is 38.7 Å². The van der Waals surface area contributed by atoms with Gasteiger partial charge >= 0.3 is 6.16 Å². The molecule has 0 saturated heterocycles. The van der Waals surface area contributed by atoms with E-state index in [-0.39, 0.29) is 12.5 Å². The van der Waals surface area contributed by atoms with E-state index in [1.54, 1.807) is 20.8 Å². The summed E-state index contributed by atoms with van der Waals surface area (Å²) in [5, 5.41) is 11.9. The molecule has 0 aliphatic rings. The summed E-state index contributed by atoms with van der Waals surface area (Å²) in [6.45, 7) is 9.30. The number of ether oxygens (including phenoxy) is 3. The van der Waals surface area contributed by atoms with Gasteiger partial charge in [0.05, 0.1) is 19.3 Å². The van der Waals surface area contributed by atoms with Crippen LogP contribution in [0.4, 0.5) is 4.79 Å². The smallest absolute Gasteiger partial charge is 0.429 e. The largest absolute Gasteiger partial charge is 0.509 e. The minimum atomic E-state index is -1.04. The van der Waals surface area contributed by atoms with Gasteiger partial charge in [-0.25, -0.2) is 4.79 Å². The molecule has 1 N–H and O–H groups in total. The van der Waals surface area contributed by atoms with E-state index in [1.165, 1.54) is 0 Å². The Morgan fingerprint density at radius 2 is 1.82 bits per heavy atom. The maximum absolute atomic E-state index is 12.5. The summed E-state index contributed by atoms with van der Waals surface area (Å²) in [4.78, 5) is 24.5. The van der Waals surface area contributed by atoms with Crippen molar-refractivity contribution in [3.05, 3.63) is 35.9 Å². The van der Waals surface area contributed by atoms with E-state index in [2.05, 4.69) is 5.32 Å². The fraction of sp³-hybridized carbons (Fsp3) is 0.571. The molecular formula is C21H30N2O5. The molecule has 0 aromatic heterocycles. The van der Waals surface area contributed by atoms with Crippen LogP contribution in [0, 0.1) is 17.2 Å². The summed E-state index contributed by atoms with van der Waals surface area (Å²) in [5.41, 5.74) is 0.243. The number of hydrogen-bond acceptors (Lipinski definition) is 6. The second-order valence-corrected chi connectivity index (χ2v) is 7.89. The molecule has 0 aliphatic heterocycles. The Kier molecular flexibility index (Phi) is 9.46. The normalized spacial score (nSPS) is 13.3. The van der Waals surface area contributed by atoms with Crippen LogP contribution in [0.15, 0.2) is 30.3 Å². The summed E-state index contributed by atoms with van der Waals surface area (Å²) in [6, 6.07) is 10.7. The number of hydrogen-bond donors (Lipinski definition) is 1. The lowest BCUT2D eigenvalue weighted by atomic mass is 10.1. The number of carbonyl (C=O) groups is 2. The Balaban J connectivity index is 2.60. The van der Waals surface area contributed by atoms with Gasteiger partial charge in [0.1, 0.15) is 11.6 Å². The summed E-state index contributed by atoms with van der Waals surface area (Å²) >= 11 is 0. The number of carbonyl (C=O) groups excluding carboxylic acids is 2. The van der Waals surface area contributed by atoms with Crippen molar-refractivity contribution in [2.45, 2.75) is 65.4 Å². The predicted octanol–water partition coefficient (Wildman–Crippen LogP) is 3.58. The van der Waals surface area contributed by atoms with Gasteiger partial charge in [-0.1, -0.05) is 44.2 Å². The van der Waals surface area contributed by atoms with Crippen LogP contribution in [0.1, 0.15) is 46.6 Å². The van der Waals surface area contributed by atoms with Gasteiger partial charge in [0, 0.05) is 0 Å². The van der Waals surface area contributed by atoms with E-state index < -0.39 is 29.8 Å². The van der Waals surface area contributed by atoms with Crippen molar-refractivity contribution in [1.29, 1.82) is 5.26 Å². The quantitative estimate of drug-likeness (QED) is 0.647. The highest BCUT2D eigenvalue weighted by Crippen LogP contribution is 2.14. The first-order valence-electron chi connectivity index (χ1n) is 9.32. The third-order valence-electron chi connectivity index (χ3n) is 3.47. The van der Waals surface area contributed by atoms with E-state index in [0.717, 1.165) is 5.56 Å². The molecule has 154 valence electrons. The summed E-state index contributed by atoms with van der Waals surface area (Å²) in [5.74, 6) is -0.442. The minimum absolute atomic E-state index is 0.0258. The van der Waals surface area contributed by atoms with Crippen LogP contribution in [-0.2, 0) is 25.6 Å². The summed E-state index contributed by atoms with van der Waals surface area (Å²) in [6.07, 6.45) is -1.64. The molecular weight excluding hydrogens is 360 g/mol. The fourth-order valence-corrected chi connectivity index (χ4v) is 2.27. The molecule has 0 radical (unpaired) electrons. The first-order chi connectivity index (χ1) is 13.1. The fourth-order valence-electron chi connectivity index (χ4n) is 2.27. The lowest BCUT2D eigenvalue weighted by Crippen LogP contribution is -2.45. The molecule has 0 saturated carbocycles. The van der Waals surface area contributed by atoms with Crippen LogP contribution in [0.3, 0.4) is 0 Å². The van der Waals surface area contributed by atoms with Crippen molar-refractivity contribution in [1.82, 2.24) is 5.32 Å². The molecule has 2 atom stereocenters.